The van der Waals surface area contributed by atoms with Gasteiger partial charge >= 0.3 is 0 Å². The minimum absolute atomic E-state index is 0.104. The van der Waals surface area contributed by atoms with Crippen LogP contribution in [-0.4, -0.2) is 15.9 Å². The van der Waals surface area contributed by atoms with Crippen LogP contribution in [0, 0.1) is 0 Å². The van der Waals surface area contributed by atoms with Crippen LogP contribution in [0.1, 0.15) is 10.5 Å². The molecule has 0 aromatic carbocycles. The number of hydrogen-bond donors (Lipinski definition) is 3. The summed E-state index contributed by atoms with van der Waals surface area (Å²) in [7, 11) is 0. The van der Waals surface area contributed by atoms with Crippen molar-refractivity contribution in [1.82, 2.24) is 15.4 Å². The van der Waals surface area contributed by atoms with E-state index < -0.39 is 5.91 Å². The summed E-state index contributed by atoms with van der Waals surface area (Å²) >= 11 is 0. The molecule has 0 aliphatic rings. The van der Waals surface area contributed by atoms with Crippen molar-refractivity contribution in [3.05, 3.63) is 18.1 Å². The summed E-state index contributed by atoms with van der Waals surface area (Å²) in [6, 6.07) is 0. The largest absolute Gasteiger partial charge is 0.382 e. The molecule has 0 fully saturated rings. The second kappa shape index (κ2) is 2.93. The third-order valence-electron chi connectivity index (χ3n) is 1.02. The molecule has 0 saturated heterocycles. The SMILES string of the molecule is NNC(=O)c1cncc(N)n1. The Morgan fingerprint density at radius 2 is 2.27 bits per heavy atom. The number of carbonyl (C=O) groups excluding carboxylic acids is 1. The number of amides is 1. The van der Waals surface area contributed by atoms with Crippen molar-refractivity contribution >= 4 is 11.7 Å². The summed E-state index contributed by atoms with van der Waals surface area (Å²) < 4.78 is 0. The normalized spacial score (nSPS) is 9.18. The molecule has 1 rings (SSSR count). The predicted octanol–water partition coefficient (Wildman–Crippen LogP) is -1.34. The van der Waals surface area contributed by atoms with Crippen LogP contribution >= 0.6 is 0 Å². The minimum Gasteiger partial charge on any atom is -0.382 e. The van der Waals surface area contributed by atoms with E-state index in [1.807, 2.05) is 5.43 Å². The number of anilines is 1. The second-order valence-corrected chi connectivity index (χ2v) is 1.80. The van der Waals surface area contributed by atoms with Gasteiger partial charge in [0, 0.05) is 0 Å². The maximum Gasteiger partial charge on any atom is 0.285 e. The van der Waals surface area contributed by atoms with Gasteiger partial charge in [-0.25, -0.2) is 10.8 Å². The average Bonchev–Trinajstić information content (AvgIpc) is 2.03. The van der Waals surface area contributed by atoms with Crippen LogP contribution in [0.4, 0.5) is 5.82 Å². The lowest BCUT2D eigenvalue weighted by Gasteiger charge is -1.97. The molecule has 11 heavy (non-hydrogen) atoms. The number of nitrogens with one attached hydrogen (secondary N) is 1. The molecule has 0 spiro atoms. The maximum absolute atomic E-state index is 10.8. The summed E-state index contributed by atoms with van der Waals surface area (Å²) in [4.78, 5) is 18.1. The molecule has 58 valence electrons. The van der Waals surface area contributed by atoms with Crippen LogP contribution in [0.15, 0.2) is 12.4 Å². The van der Waals surface area contributed by atoms with Gasteiger partial charge in [0.15, 0.2) is 0 Å². The van der Waals surface area contributed by atoms with E-state index in [4.69, 9.17) is 11.6 Å². The molecular weight excluding hydrogens is 146 g/mol. The van der Waals surface area contributed by atoms with Crippen LogP contribution in [0.5, 0.6) is 0 Å². The van der Waals surface area contributed by atoms with Crippen molar-refractivity contribution in [2.24, 2.45) is 5.84 Å². The Labute approximate surface area is 62.6 Å². The highest BCUT2D eigenvalue weighted by Gasteiger charge is 2.04. The van der Waals surface area contributed by atoms with Gasteiger partial charge in [0.1, 0.15) is 11.5 Å². The zero-order valence-electron chi connectivity index (χ0n) is 5.61. The van der Waals surface area contributed by atoms with Crippen molar-refractivity contribution in [3.8, 4) is 0 Å². The molecular formula is C5H7N5O. The van der Waals surface area contributed by atoms with Gasteiger partial charge in [0.05, 0.1) is 12.4 Å². The first-order valence-electron chi connectivity index (χ1n) is 2.82. The fourth-order valence-corrected chi connectivity index (χ4v) is 0.564. The minimum atomic E-state index is -0.509. The molecule has 1 amide bonds. The van der Waals surface area contributed by atoms with Gasteiger partial charge in [0.25, 0.3) is 5.91 Å². The molecule has 5 N–H and O–H groups in total. The Bertz CT molecular complexity index is 273. The van der Waals surface area contributed by atoms with Crippen LogP contribution in [0.2, 0.25) is 0 Å². The molecule has 6 nitrogen and oxygen atoms in total. The molecule has 0 aliphatic heterocycles. The Morgan fingerprint density at radius 3 is 2.82 bits per heavy atom. The summed E-state index contributed by atoms with van der Waals surface area (Å²) in [5.41, 5.74) is 7.27. The van der Waals surface area contributed by atoms with Gasteiger partial charge in [-0.15, -0.1) is 0 Å². The first-order chi connectivity index (χ1) is 5.24. The fourth-order valence-electron chi connectivity index (χ4n) is 0.564. The Kier molecular flexibility index (Phi) is 1.98. The standard InChI is InChI=1S/C5H7N5O/c6-4-2-8-1-3(9-4)5(11)10-7/h1-2H,7H2,(H2,6,9)(H,10,11). The zero-order valence-corrected chi connectivity index (χ0v) is 5.61. The van der Waals surface area contributed by atoms with Gasteiger partial charge in [-0.05, 0) is 0 Å². The van der Waals surface area contributed by atoms with E-state index in [0.717, 1.165) is 0 Å². The van der Waals surface area contributed by atoms with Crippen LogP contribution in [0.25, 0.3) is 0 Å². The van der Waals surface area contributed by atoms with E-state index in [9.17, 15) is 4.79 Å². The number of rotatable bonds is 1. The quantitative estimate of drug-likeness (QED) is 0.263. The topological polar surface area (TPSA) is 107 Å². The number of nitrogens with zero attached hydrogens (tertiary/aromatic N) is 2. The molecule has 0 atom stereocenters. The molecule has 6 heteroatoms. The van der Waals surface area contributed by atoms with E-state index in [-0.39, 0.29) is 11.5 Å². The number of hydrazine groups is 1. The summed E-state index contributed by atoms with van der Waals surface area (Å²) in [6.07, 6.45) is 2.62. The number of nitrogens with two attached hydrogens (primary N) is 2. The lowest BCUT2D eigenvalue weighted by molar-refractivity contribution is 0.0948. The average molecular weight is 153 g/mol. The van der Waals surface area contributed by atoms with Gasteiger partial charge < -0.3 is 5.73 Å². The van der Waals surface area contributed by atoms with Crippen molar-refractivity contribution in [2.75, 3.05) is 5.73 Å². The van der Waals surface area contributed by atoms with E-state index >= 15 is 0 Å². The fraction of sp³-hybridized carbons (Fsp3) is 0. The predicted molar refractivity (Wildman–Crippen MR) is 38.1 cm³/mol. The van der Waals surface area contributed by atoms with E-state index in [1.165, 1.54) is 12.4 Å². The van der Waals surface area contributed by atoms with Gasteiger partial charge in [0.2, 0.25) is 0 Å². The highest BCUT2D eigenvalue weighted by molar-refractivity contribution is 5.91. The third kappa shape index (κ3) is 1.62. The third-order valence-corrected chi connectivity index (χ3v) is 1.02. The number of carbonyl (C=O) groups is 1. The Morgan fingerprint density at radius 1 is 1.55 bits per heavy atom. The lowest BCUT2D eigenvalue weighted by Crippen LogP contribution is -2.30. The van der Waals surface area contributed by atoms with Crippen molar-refractivity contribution in [2.45, 2.75) is 0 Å². The molecule has 0 aliphatic carbocycles. The summed E-state index contributed by atoms with van der Waals surface area (Å²) in [5.74, 6) is 4.52. The summed E-state index contributed by atoms with van der Waals surface area (Å²) in [5, 5.41) is 0. The van der Waals surface area contributed by atoms with Gasteiger partial charge in [-0.2, -0.15) is 0 Å². The molecule has 0 bridgehead atoms. The number of aromatic nitrogens is 2. The van der Waals surface area contributed by atoms with E-state index in [0.29, 0.717) is 0 Å². The van der Waals surface area contributed by atoms with Crippen LogP contribution < -0.4 is 17.0 Å². The van der Waals surface area contributed by atoms with Gasteiger partial charge in [-0.1, -0.05) is 0 Å². The van der Waals surface area contributed by atoms with E-state index in [2.05, 4.69) is 9.97 Å². The highest BCUT2D eigenvalue weighted by atomic mass is 16.2. The Hall–Kier alpha value is -1.69. The summed E-state index contributed by atoms with van der Waals surface area (Å²) in [6.45, 7) is 0. The van der Waals surface area contributed by atoms with Gasteiger partial charge in [-0.3, -0.25) is 15.2 Å². The van der Waals surface area contributed by atoms with Crippen molar-refractivity contribution < 1.29 is 4.79 Å². The molecule has 0 unspecified atom stereocenters. The first kappa shape index (κ1) is 7.42. The molecule has 1 heterocycles. The molecule has 1 aromatic rings. The van der Waals surface area contributed by atoms with Crippen molar-refractivity contribution in [1.29, 1.82) is 0 Å². The maximum atomic E-state index is 10.8. The molecule has 1 aromatic heterocycles. The second-order valence-electron chi connectivity index (χ2n) is 1.80. The van der Waals surface area contributed by atoms with Crippen LogP contribution in [-0.2, 0) is 0 Å². The zero-order chi connectivity index (χ0) is 8.27. The lowest BCUT2D eigenvalue weighted by atomic mass is 10.4. The number of nitrogen functional groups attached to an aromatic ring is 2. The van der Waals surface area contributed by atoms with E-state index in [1.54, 1.807) is 0 Å². The van der Waals surface area contributed by atoms with Crippen LogP contribution in [0.3, 0.4) is 0 Å². The highest BCUT2D eigenvalue weighted by Crippen LogP contribution is 1.95. The smallest absolute Gasteiger partial charge is 0.285 e. The number of hydrogen-bond acceptors (Lipinski definition) is 5. The first-order valence-corrected chi connectivity index (χ1v) is 2.82. The molecule has 0 saturated carbocycles. The van der Waals surface area contributed by atoms with Crippen molar-refractivity contribution in [3.63, 3.8) is 0 Å². The monoisotopic (exact) mass is 153 g/mol. The Balaban J connectivity index is 2.96. The molecule has 0 radical (unpaired) electrons.